The molecule has 104 valence electrons. The number of amides is 2. The molecule has 1 aliphatic rings. The molecular formula is C13H25N3O2. The number of carbonyl (C=O) groups is 2. The molecule has 0 bridgehead atoms. The van der Waals surface area contributed by atoms with Crippen molar-refractivity contribution >= 4 is 11.8 Å². The van der Waals surface area contributed by atoms with E-state index in [0.717, 1.165) is 32.1 Å². The maximum atomic E-state index is 11.9. The van der Waals surface area contributed by atoms with E-state index in [1.54, 1.807) is 0 Å². The van der Waals surface area contributed by atoms with Crippen LogP contribution in [0.2, 0.25) is 0 Å². The summed E-state index contributed by atoms with van der Waals surface area (Å²) in [6.07, 6.45) is 4.65. The third-order valence-corrected chi connectivity index (χ3v) is 3.50. The third-order valence-electron chi connectivity index (χ3n) is 3.50. The van der Waals surface area contributed by atoms with Crippen LogP contribution in [0.4, 0.5) is 0 Å². The molecule has 1 fully saturated rings. The van der Waals surface area contributed by atoms with Gasteiger partial charge in [0, 0.05) is 24.9 Å². The average Bonchev–Trinajstić information content (AvgIpc) is 2.26. The number of primary amides is 1. The highest BCUT2D eigenvalue weighted by atomic mass is 16.2. The average molecular weight is 255 g/mol. The van der Waals surface area contributed by atoms with Gasteiger partial charge in [0.15, 0.2) is 0 Å². The first-order valence-electron chi connectivity index (χ1n) is 6.80. The molecule has 1 saturated carbocycles. The molecule has 1 aliphatic carbocycles. The van der Waals surface area contributed by atoms with E-state index >= 15 is 0 Å². The molecule has 0 aromatic heterocycles. The first-order chi connectivity index (χ1) is 8.49. The van der Waals surface area contributed by atoms with E-state index in [0.29, 0.717) is 18.9 Å². The van der Waals surface area contributed by atoms with Crippen molar-refractivity contribution in [3.63, 3.8) is 0 Å². The Labute approximate surface area is 109 Å². The molecule has 18 heavy (non-hydrogen) atoms. The van der Waals surface area contributed by atoms with Gasteiger partial charge in [-0.3, -0.25) is 9.59 Å². The summed E-state index contributed by atoms with van der Waals surface area (Å²) in [7, 11) is 0. The summed E-state index contributed by atoms with van der Waals surface area (Å²) in [5.74, 6) is 0.406. The third kappa shape index (κ3) is 5.49. The van der Waals surface area contributed by atoms with Crippen LogP contribution in [-0.2, 0) is 9.59 Å². The van der Waals surface area contributed by atoms with Gasteiger partial charge < -0.3 is 16.8 Å². The lowest BCUT2D eigenvalue weighted by molar-refractivity contribution is -0.126. The molecule has 0 heterocycles. The largest absolute Gasteiger partial charge is 0.370 e. The molecule has 3 unspecified atom stereocenters. The number of rotatable bonds is 6. The standard InChI is InChI=1S/C13H25N3O2/c1-9-6-10(8-11(14)7-9)13(18)16-5-3-2-4-12(15)17/h9-11H,2-8,14H2,1H3,(H2,15,17)(H,16,18). The molecule has 0 saturated heterocycles. The summed E-state index contributed by atoms with van der Waals surface area (Å²) >= 11 is 0. The van der Waals surface area contributed by atoms with Crippen molar-refractivity contribution in [2.75, 3.05) is 6.54 Å². The van der Waals surface area contributed by atoms with Gasteiger partial charge in [0.25, 0.3) is 0 Å². The monoisotopic (exact) mass is 255 g/mol. The Morgan fingerprint density at radius 1 is 1.22 bits per heavy atom. The fourth-order valence-corrected chi connectivity index (χ4v) is 2.65. The van der Waals surface area contributed by atoms with Crippen LogP contribution in [-0.4, -0.2) is 24.4 Å². The van der Waals surface area contributed by atoms with Gasteiger partial charge in [0.2, 0.25) is 11.8 Å². The minimum absolute atomic E-state index is 0.0555. The van der Waals surface area contributed by atoms with Gasteiger partial charge in [-0.1, -0.05) is 6.92 Å². The van der Waals surface area contributed by atoms with E-state index in [9.17, 15) is 9.59 Å². The van der Waals surface area contributed by atoms with Gasteiger partial charge in [0.05, 0.1) is 0 Å². The van der Waals surface area contributed by atoms with Crippen LogP contribution in [0.5, 0.6) is 0 Å². The maximum absolute atomic E-state index is 11.9. The summed E-state index contributed by atoms with van der Waals surface area (Å²) < 4.78 is 0. The smallest absolute Gasteiger partial charge is 0.223 e. The molecule has 0 radical (unpaired) electrons. The second-order valence-corrected chi connectivity index (χ2v) is 5.48. The van der Waals surface area contributed by atoms with Gasteiger partial charge in [0.1, 0.15) is 0 Å². The Hall–Kier alpha value is -1.10. The van der Waals surface area contributed by atoms with Crippen LogP contribution >= 0.6 is 0 Å². The Bertz CT molecular complexity index is 284. The van der Waals surface area contributed by atoms with Crippen LogP contribution in [0.25, 0.3) is 0 Å². The molecule has 5 N–H and O–H groups in total. The molecule has 0 aromatic rings. The molecule has 0 spiro atoms. The van der Waals surface area contributed by atoms with Gasteiger partial charge >= 0.3 is 0 Å². The van der Waals surface area contributed by atoms with E-state index in [2.05, 4.69) is 12.2 Å². The quantitative estimate of drug-likeness (QED) is 0.603. The van der Waals surface area contributed by atoms with Crippen molar-refractivity contribution in [2.45, 2.75) is 51.5 Å². The minimum Gasteiger partial charge on any atom is -0.370 e. The van der Waals surface area contributed by atoms with Crippen molar-refractivity contribution in [1.29, 1.82) is 0 Å². The fraction of sp³-hybridized carbons (Fsp3) is 0.846. The van der Waals surface area contributed by atoms with E-state index in [-0.39, 0.29) is 23.8 Å². The molecule has 3 atom stereocenters. The van der Waals surface area contributed by atoms with Gasteiger partial charge in [-0.2, -0.15) is 0 Å². The summed E-state index contributed by atoms with van der Waals surface area (Å²) in [4.78, 5) is 22.5. The molecule has 2 amide bonds. The maximum Gasteiger partial charge on any atom is 0.223 e. The van der Waals surface area contributed by atoms with Crippen LogP contribution in [0.3, 0.4) is 0 Å². The summed E-state index contributed by atoms with van der Waals surface area (Å²) in [5.41, 5.74) is 11.0. The molecule has 0 aliphatic heterocycles. The highest BCUT2D eigenvalue weighted by molar-refractivity contribution is 5.78. The zero-order chi connectivity index (χ0) is 13.5. The molecule has 5 heteroatoms. The summed E-state index contributed by atoms with van der Waals surface area (Å²) in [6, 6.07) is 0.152. The highest BCUT2D eigenvalue weighted by Crippen LogP contribution is 2.27. The van der Waals surface area contributed by atoms with Gasteiger partial charge in [-0.15, -0.1) is 0 Å². The second kappa shape index (κ2) is 7.36. The first kappa shape index (κ1) is 15.0. The van der Waals surface area contributed by atoms with Crippen LogP contribution in [0, 0.1) is 11.8 Å². The van der Waals surface area contributed by atoms with Gasteiger partial charge in [-0.05, 0) is 38.0 Å². The lowest BCUT2D eigenvalue weighted by Crippen LogP contribution is -2.40. The predicted octanol–water partition coefficient (Wildman–Crippen LogP) is 0.522. The van der Waals surface area contributed by atoms with Crippen molar-refractivity contribution in [3.05, 3.63) is 0 Å². The lowest BCUT2D eigenvalue weighted by atomic mass is 9.79. The van der Waals surface area contributed by atoms with Crippen LogP contribution in [0.15, 0.2) is 0 Å². The van der Waals surface area contributed by atoms with E-state index in [1.165, 1.54) is 0 Å². The Kier molecular flexibility index (Phi) is 6.12. The lowest BCUT2D eigenvalue weighted by Gasteiger charge is -2.30. The number of hydrogen-bond donors (Lipinski definition) is 3. The Morgan fingerprint density at radius 3 is 2.56 bits per heavy atom. The summed E-state index contributed by atoms with van der Waals surface area (Å²) in [5, 5.41) is 2.92. The van der Waals surface area contributed by atoms with Gasteiger partial charge in [-0.25, -0.2) is 0 Å². The minimum atomic E-state index is -0.284. The van der Waals surface area contributed by atoms with Crippen molar-refractivity contribution in [2.24, 2.45) is 23.3 Å². The van der Waals surface area contributed by atoms with Crippen LogP contribution in [0.1, 0.15) is 45.4 Å². The van der Waals surface area contributed by atoms with Crippen molar-refractivity contribution in [1.82, 2.24) is 5.32 Å². The number of carbonyl (C=O) groups excluding carboxylic acids is 2. The summed E-state index contributed by atoms with van der Waals surface area (Å²) in [6.45, 7) is 2.76. The second-order valence-electron chi connectivity index (χ2n) is 5.48. The fourth-order valence-electron chi connectivity index (χ4n) is 2.65. The number of nitrogens with two attached hydrogens (primary N) is 2. The van der Waals surface area contributed by atoms with E-state index in [1.807, 2.05) is 0 Å². The molecular weight excluding hydrogens is 230 g/mol. The molecule has 5 nitrogen and oxygen atoms in total. The van der Waals surface area contributed by atoms with Crippen molar-refractivity contribution < 1.29 is 9.59 Å². The Morgan fingerprint density at radius 2 is 1.94 bits per heavy atom. The Balaban J connectivity index is 2.18. The SMILES string of the molecule is CC1CC(N)CC(C(=O)NCCCCC(N)=O)C1. The molecule has 0 aromatic carbocycles. The zero-order valence-corrected chi connectivity index (χ0v) is 11.2. The number of nitrogens with one attached hydrogen (secondary N) is 1. The topological polar surface area (TPSA) is 98.2 Å². The first-order valence-corrected chi connectivity index (χ1v) is 6.80. The molecule has 1 rings (SSSR count). The number of hydrogen-bond acceptors (Lipinski definition) is 3. The number of unbranched alkanes of at least 4 members (excludes halogenated alkanes) is 1. The predicted molar refractivity (Wildman–Crippen MR) is 70.5 cm³/mol. The van der Waals surface area contributed by atoms with Crippen LogP contribution < -0.4 is 16.8 Å². The van der Waals surface area contributed by atoms with E-state index < -0.39 is 0 Å². The van der Waals surface area contributed by atoms with E-state index in [4.69, 9.17) is 11.5 Å². The highest BCUT2D eigenvalue weighted by Gasteiger charge is 2.28. The zero-order valence-electron chi connectivity index (χ0n) is 11.2. The normalized spacial score (nSPS) is 27.8. The van der Waals surface area contributed by atoms with Crippen molar-refractivity contribution in [3.8, 4) is 0 Å².